The van der Waals surface area contributed by atoms with Crippen molar-refractivity contribution in [2.24, 2.45) is 0 Å². The number of halogens is 1. The van der Waals surface area contributed by atoms with Gasteiger partial charge in [-0.3, -0.25) is 0 Å². The number of rotatable bonds is 3. The molecule has 3 rings (SSSR count). The van der Waals surface area contributed by atoms with Crippen molar-refractivity contribution in [2.75, 3.05) is 11.5 Å². The van der Waals surface area contributed by atoms with E-state index in [0.717, 1.165) is 21.4 Å². The Balaban J connectivity index is 1.57. The Bertz CT molecular complexity index is 459. The van der Waals surface area contributed by atoms with Crippen LogP contribution < -0.4 is 5.73 Å². The first kappa shape index (κ1) is 13.6. The lowest BCUT2D eigenvalue weighted by Gasteiger charge is -2.23. The van der Waals surface area contributed by atoms with Crippen molar-refractivity contribution in [1.29, 1.82) is 0 Å². The second-order valence-corrected chi connectivity index (χ2v) is 7.16. The number of ether oxygens (including phenoxy) is 1. The summed E-state index contributed by atoms with van der Waals surface area (Å²) in [6.45, 7) is 0. The molecule has 2 N–H and O–H groups in total. The van der Waals surface area contributed by atoms with Crippen LogP contribution >= 0.6 is 23.4 Å². The molecule has 104 valence electrons. The van der Waals surface area contributed by atoms with Crippen LogP contribution in [0.4, 0.5) is 5.69 Å². The summed E-state index contributed by atoms with van der Waals surface area (Å²) in [6, 6.07) is 5.65. The van der Waals surface area contributed by atoms with Crippen molar-refractivity contribution < 1.29 is 4.74 Å². The summed E-state index contributed by atoms with van der Waals surface area (Å²) in [5.41, 5.74) is 7.01. The van der Waals surface area contributed by atoms with Crippen molar-refractivity contribution in [1.82, 2.24) is 0 Å². The van der Waals surface area contributed by atoms with Gasteiger partial charge >= 0.3 is 0 Å². The maximum absolute atomic E-state index is 6.31. The summed E-state index contributed by atoms with van der Waals surface area (Å²) in [6.07, 6.45) is 7.99. The minimum absolute atomic E-state index is 0.227. The molecule has 1 saturated heterocycles. The molecule has 1 spiro atoms. The molecule has 1 heterocycles. The van der Waals surface area contributed by atoms with Gasteiger partial charge in [-0.2, -0.15) is 0 Å². The Morgan fingerprint density at radius 3 is 2.89 bits per heavy atom. The van der Waals surface area contributed by atoms with Gasteiger partial charge in [0.25, 0.3) is 0 Å². The fourth-order valence-electron chi connectivity index (χ4n) is 3.22. The minimum Gasteiger partial charge on any atom is -0.398 e. The van der Waals surface area contributed by atoms with Gasteiger partial charge in [-0.1, -0.05) is 24.4 Å². The highest BCUT2D eigenvalue weighted by Gasteiger charge is 2.41. The van der Waals surface area contributed by atoms with Crippen molar-refractivity contribution >= 4 is 29.1 Å². The van der Waals surface area contributed by atoms with Crippen LogP contribution in [-0.2, 0) is 4.74 Å². The van der Waals surface area contributed by atoms with Crippen molar-refractivity contribution in [3.05, 3.63) is 23.2 Å². The van der Waals surface area contributed by atoms with Gasteiger partial charge in [0.2, 0.25) is 0 Å². The number of benzene rings is 1. The summed E-state index contributed by atoms with van der Waals surface area (Å²) in [5, 5.41) is 0.747. The molecule has 1 aliphatic carbocycles. The number of thioether (sulfide) groups is 1. The third-order valence-corrected chi connectivity index (χ3v) is 5.69. The van der Waals surface area contributed by atoms with Gasteiger partial charge < -0.3 is 10.5 Å². The monoisotopic (exact) mass is 297 g/mol. The summed E-state index contributed by atoms with van der Waals surface area (Å²) < 4.78 is 6.31. The average Bonchev–Trinajstić information content (AvgIpc) is 3.02. The lowest BCUT2D eigenvalue weighted by Crippen LogP contribution is -2.25. The Morgan fingerprint density at radius 2 is 2.11 bits per heavy atom. The fraction of sp³-hybridized carbons (Fsp3) is 0.600. The van der Waals surface area contributed by atoms with Gasteiger partial charge in [-0.15, -0.1) is 11.8 Å². The van der Waals surface area contributed by atoms with E-state index >= 15 is 0 Å². The fourth-order valence-corrected chi connectivity index (χ4v) is 4.50. The van der Waals surface area contributed by atoms with E-state index in [1.165, 1.54) is 38.5 Å². The largest absolute Gasteiger partial charge is 0.398 e. The van der Waals surface area contributed by atoms with Crippen molar-refractivity contribution in [3.8, 4) is 0 Å². The van der Waals surface area contributed by atoms with E-state index in [1.807, 2.05) is 18.2 Å². The Morgan fingerprint density at radius 1 is 1.32 bits per heavy atom. The average molecular weight is 298 g/mol. The first-order chi connectivity index (χ1) is 9.17. The van der Waals surface area contributed by atoms with Crippen LogP contribution in [0, 0.1) is 0 Å². The van der Waals surface area contributed by atoms with Crippen LogP contribution in [0.25, 0.3) is 0 Å². The van der Waals surface area contributed by atoms with E-state index in [2.05, 4.69) is 0 Å². The van der Waals surface area contributed by atoms with E-state index in [1.54, 1.807) is 11.8 Å². The van der Waals surface area contributed by atoms with Gasteiger partial charge in [-0.25, -0.2) is 0 Å². The van der Waals surface area contributed by atoms with Gasteiger partial charge in [0, 0.05) is 21.4 Å². The topological polar surface area (TPSA) is 35.2 Å². The first-order valence-electron chi connectivity index (χ1n) is 7.03. The van der Waals surface area contributed by atoms with E-state index in [0.29, 0.717) is 6.10 Å². The second-order valence-electron chi connectivity index (χ2n) is 5.66. The Kier molecular flexibility index (Phi) is 3.97. The quantitative estimate of drug-likeness (QED) is 0.659. The number of anilines is 1. The molecule has 1 unspecified atom stereocenters. The third-order valence-electron chi connectivity index (χ3n) is 4.25. The molecule has 2 aliphatic rings. The highest BCUT2D eigenvalue weighted by Crippen LogP contribution is 2.44. The normalized spacial score (nSPS) is 25.2. The number of nitrogens with two attached hydrogens (primary N) is 1. The highest BCUT2D eigenvalue weighted by molar-refractivity contribution is 7.99. The van der Waals surface area contributed by atoms with Crippen LogP contribution in [0.1, 0.15) is 38.5 Å². The summed E-state index contributed by atoms with van der Waals surface area (Å²) in [7, 11) is 0. The molecule has 1 aliphatic heterocycles. The zero-order valence-corrected chi connectivity index (χ0v) is 12.6. The molecule has 1 atom stereocenters. The first-order valence-corrected chi connectivity index (χ1v) is 8.39. The van der Waals surface area contributed by atoms with E-state index in [-0.39, 0.29) is 5.60 Å². The molecule has 2 fully saturated rings. The molecular formula is C15H20ClNOS. The summed E-state index contributed by atoms with van der Waals surface area (Å²) >= 11 is 7.78. The van der Waals surface area contributed by atoms with Crippen LogP contribution in [0.2, 0.25) is 5.02 Å². The standard InChI is InChI=1S/C15H20ClNOS/c16-11-3-4-13(17)14(9-11)19-10-12-5-8-15(18-12)6-1-2-7-15/h3-4,9,12H,1-2,5-8,10,17H2. The lowest BCUT2D eigenvalue weighted by molar-refractivity contribution is -0.0267. The Labute approximate surface area is 124 Å². The van der Waals surface area contributed by atoms with Crippen LogP contribution in [0.15, 0.2) is 23.1 Å². The van der Waals surface area contributed by atoms with E-state index in [9.17, 15) is 0 Å². The maximum Gasteiger partial charge on any atom is 0.0687 e. The van der Waals surface area contributed by atoms with Gasteiger partial charge in [0.15, 0.2) is 0 Å². The molecule has 4 heteroatoms. The molecule has 1 saturated carbocycles. The molecule has 0 aromatic heterocycles. The highest BCUT2D eigenvalue weighted by atomic mass is 35.5. The molecule has 0 amide bonds. The third kappa shape index (κ3) is 3.04. The number of hydrogen-bond acceptors (Lipinski definition) is 3. The number of hydrogen-bond donors (Lipinski definition) is 1. The van der Waals surface area contributed by atoms with Gasteiger partial charge in [0.05, 0.1) is 11.7 Å². The maximum atomic E-state index is 6.31. The van der Waals surface area contributed by atoms with Crippen LogP contribution in [-0.4, -0.2) is 17.5 Å². The minimum atomic E-state index is 0.227. The summed E-state index contributed by atoms with van der Waals surface area (Å²) in [5.74, 6) is 0.978. The van der Waals surface area contributed by atoms with Gasteiger partial charge in [0.1, 0.15) is 0 Å². The Hall–Kier alpha value is -0.380. The van der Waals surface area contributed by atoms with Crippen LogP contribution in [0.5, 0.6) is 0 Å². The molecule has 0 bridgehead atoms. The van der Waals surface area contributed by atoms with Crippen molar-refractivity contribution in [3.63, 3.8) is 0 Å². The molecule has 1 aromatic rings. The smallest absolute Gasteiger partial charge is 0.0687 e. The van der Waals surface area contributed by atoms with Crippen LogP contribution in [0.3, 0.4) is 0 Å². The summed E-state index contributed by atoms with van der Waals surface area (Å²) in [4.78, 5) is 1.07. The van der Waals surface area contributed by atoms with Gasteiger partial charge in [-0.05, 0) is 43.9 Å². The molecule has 19 heavy (non-hydrogen) atoms. The second kappa shape index (κ2) is 5.55. The molecular weight excluding hydrogens is 278 g/mol. The zero-order valence-electron chi connectivity index (χ0n) is 11.0. The molecule has 2 nitrogen and oxygen atoms in total. The number of nitrogen functional groups attached to an aromatic ring is 1. The lowest BCUT2D eigenvalue weighted by atomic mass is 9.98. The molecule has 1 aromatic carbocycles. The predicted octanol–water partition coefficient (Wildman–Crippen LogP) is 4.51. The SMILES string of the molecule is Nc1ccc(Cl)cc1SCC1CCC2(CCCC2)O1. The zero-order chi connectivity index (χ0) is 13.3. The van der Waals surface area contributed by atoms with Crippen molar-refractivity contribution in [2.45, 2.75) is 55.1 Å². The molecule has 0 radical (unpaired) electrons. The predicted molar refractivity (Wildman–Crippen MR) is 81.9 cm³/mol. The van der Waals surface area contributed by atoms with E-state index in [4.69, 9.17) is 22.1 Å². The van der Waals surface area contributed by atoms with E-state index < -0.39 is 0 Å².